The molecule has 2 rings (SSSR count). The van der Waals surface area contributed by atoms with Crippen molar-refractivity contribution in [3.8, 4) is 0 Å². The van der Waals surface area contributed by atoms with Crippen LogP contribution in [0.5, 0.6) is 0 Å². The van der Waals surface area contributed by atoms with E-state index in [1.165, 1.54) is 0 Å². The molecule has 80 valence electrons. The molecule has 1 aromatic rings. The van der Waals surface area contributed by atoms with Crippen LogP contribution in [-0.2, 0) is 4.79 Å². The van der Waals surface area contributed by atoms with E-state index in [-0.39, 0.29) is 11.8 Å². The lowest BCUT2D eigenvalue weighted by atomic mass is 10.2. The molecule has 1 amide bonds. The number of carbonyl (C=O) groups excluding carboxylic acids is 1. The number of benzene rings is 1. The smallest absolute Gasteiger partial charge is 0.229 e. The second-order valence-electron chi connectivity index (χ2n) is 3.94. The van der Waals surface area contributed by atoms with Crippen LogP contribution >= 0.6 is 15.9 Å². The molecule has 0 radical (unpaired) electrons. The molecule has 1 aliphatic rings. The Morgan fingerprint density at radius 1 is 1.47 bits per heavy atom. The van der Waals surface area contributed by atoms with Gasteiger partial charge in [-0.1, -0.05) is 6.92 Å². The van der Waals surface area contributed by atoms with Gasteiger partial charge in [0.1, 0.15) is 0 Å². The summed E-state index contributed by atoms with van der Waals surface area (Å²) < 4.78 is 0.924. The number of hydrogen-bond acceptors (Lipinski definition) is 2. The Hall–Kier alpha value is -1.03. The Labute approximate surface area is 97.4 Å². The highest BCUT2D eigenvalue weighted by molar-refractivity contribution is 9.10. The standard InChI is InChI=1S/C11H13BrN2O/c1-6-3-8(12)10-9(4-6)13-5-7(2)11(15)14-10/h3-4,7,13H,5H2,1-2H3,(H,14,15). The van der Waals surface area contributed by atoms with E-state index in [4.69, 9.17) is 0 Å². The maximum absolute atomic E-state index is 11.6. The molecule has 3 nitrogen and oxygen atoms in total. The number of hydrogen-bond donors (Lipinski definition) is 2. The lowest BCUT2D eigenvalue weighted by Crippen LogP contribution is -2.22. The predicted octanol–water partition coefficient (Wildman–Crippen LogP) is 2.76. The monoisotopic (exact) mass is 268 g/mol. The number of amides is 1. The van der Waals surface area contributed by atoms with E-state index in [9.17, 15) is 4.79 Å². The summed E-state index contributed by atoms with van der Waals surface area (Å²) in [4.78, 5) is 11.6. The van der Waals surface area contributed by atoms with Crippen LogP contribution in [0.2, 0.25) is 0 Å². The second-order valence-corrected chi connectivity index (χ2v) is 4.79. The van der Waals surface area contributed by atoms with Crippen LogP contribution in [0.4, 0.5) is 11.4 Å². The zero-order valence-electron chi connectivity index (χ0n) is 8.73. The van der Waals surface area contributed by atoms with Crippen molar-refractivity contribution in [3.63, 3.8) is 0 Å². The van der Waals surface area contributed by atoms with Crippen molar-refractivity contribution in [3.05, 3.63) is 22.2 Å². The molecule has 0 aliphatic carbocycles. The molecule has 15 heavy (non-hydrogen) atoms. The number of rotatable bonds is 0. The van der Waals surface area contributed by atoms with Gasteiger partial charge in [0, 0.05) is 11.0 Å². The molecule has 4 heteroatoms. The summed E-state index contributed by atoms with van der Waals surface area (Å²) >= 11 is 3.46. The van der Waals surface area contributed by atoms with Gasteiger partial charge >= 0.3 is 0 Å². The van der Waals surface area contributed by atoms with Crippen LogP contribution in [0.1, 0.15) is 12.5 Å². The molecule has 1 aliphatic heterocycles. The highest BCUT2D eigenvalue weighted by Gasteiger charge is 2.20. The minimum atomic E-state index is -0.00962. The van der Waals surface area contributed by atoms with Crippen molar-refractivity contribution in [2.24, 2.45) is 5.92 Å². The maximum Gasteiger partial charge on any atom is 0.229 e. The van der Waals surface area contributed by atoms with Crippen LogP contribution in [0.3, 0.4) is 0 Å². The van der Waals surface area contributed by atoms with Crippen molar-refractivity contribution in [2.45, 2.75) is 13.8 Å². The van der Waals surface area contributed by atoms with Crippen molar-refractivity contribution in [1.82, 2.24) is 0 Å². The number of carbonyl (C=O) groups is 1. The minimum Gasteiger partial charge on any atom is -0.383 e. The van der Waals surface area contributed by atoms with Gasteiger partial charge in [-0.05, 0) is 40.5 Å². The van der Waals surface area contributed by atoms with Gasteiger partial charge in [-0.25, -0.2) is 0 Å². The highest BCUT2D eigenvalue weighted by atomic mass is 79.9. The summed E-state index contributed by atoms with van der Waals surface area (Å²) in [5.41, 5.74) is 2.99. The second kappa shape index (κ2) is 3.85. The van der Waals surface area contributed by atoms with E-state index < -0.39 is 0 Å². The van der Waals surface area contributed by atoms with E-state index in [0.29, 0.717) is 6.54 Å². The zero-order valence-corrected chi connectivity index (χ0v) is 10.3. The molecule has 0 saturated heterocycles. The Morgan fingerprint density at radius 3 is 2.93 bits per heavy atom. The topological polar surface area (TPSA) is 41.1 Å². The van der Waals surface area contributed by atoms with Crippen molar-refractivity contribution in [2.75, 3.05) is 17.2 Å². The van der Waals surface area contributed by atoms with Gasteiger partial charge in [-0.3, -0.25) is 4.79 Å². The first-order valence-corrected chi connectivity index (χ1v) is 5.72. The van der Waals surface area contributed by atoms with Gasteiger partial charge < -0.3 is 10.6 Å². The summed E-state index contributed by atoms with van der Waals surface area (Å²) in [5.74, 6) is 0.0513. The molecule has 0 spiro atoms. The van der Waals surface area contributed by atoms with Gasteiger partial charge in [-0.2, -0.15) is 0 Å². The first-order chi connectivity index (χ1) is 7.08. The van der Waals surface area contributed by atoms with Gasteiger partial charge in [0.25, 0.3) is 0 Å². The molecule has 0 aromatic heterocycles. The lowest BCUT2D eigenvalue weighted by Gasteiger charge is -2.10. The van der Waals surface area contributed by atoms with Crippen molar-refractivity contribution >= 4 is 33.2 Å². The molecular weight excluding hydrogens is 256 g/mol. The lowest BCUT2D eigenvalue weighted by molar-refractivity contribution is -0.118. The Bertz CT molecular complexity index is 417. The van der Waals surface area contributed by atoms with E-state index in [1.54, 1.807) is 0 Å². The number of aryl methyl sites for hydroxylation is 1. The predicted molar refractivity (Wildman–Crippen MR) is 65.2 cm³/mol. The first kappa shape index (κ1) is 10.5. The minimum absolute atomic E-state index is 0.00962. The third-order valence-corrected chi connectivity index (χ3v) is 3.15. The van der Waals surface area contributed by atoms with Gasteiger partial charge in [0.15, 0.2) is 0 Å². The summed E-state index contributed by atoms with van der Waals surface area (Å²) in [6, 6.07) is 4.04. The van der Waals surface area contributed by atoms with Crippen molar-refractivity contribution < 1.29 is 4.79 Å². The van der Waals surface area contributed by atoms with E-state index in [2.05, 4.69) is 26.6 Å². The molecule has 0 saturated carbocycles. The fraction of sp³-hybridized carbons (Fsp3) is 0.364. The molecule has 1 aromatic carbocycles. The SMILES string of the molecule is Cc1cc(Br)c2c(c1)NCC(C)C(=O)N2. The van der Waals surface area contributed by atoms with Crippen LogP contribution in [-0.4, -0.2) is 12.5 Å². The molecule has 1 heterocycles. The van der Waals surface area contributed by atoms with Crippen LogP contribution in [0, 0.1) is 12.8 Å². The molecule has 1 unspecified atom stereocenters. The van der Waals surface area contributed by atoms with Gasteiger partial charge in [0.05, 0.1) is 17.3 Å². The van der Waals surface area contributed by atoms with E-state index in [1.807, 2.05) is 26.0 Å². The fourth-order valence-electron chi connectivity index (χ4n) is 1.61. The number of anilines is 2. The Balaban J connectivity index is 2.47. The van der Waals surface area contributed by atoms with Crippen LogP contribution in [0.25, 0.3) is 0 Å². The Kier molecular flexibility index (Phi) is 2.69. The summed E-state index contributed by atoms with van der Waals surface area (Å²) in [5, 5.41) is 6.19. The van der Waals surface area contributed by atoms with Crippen LogP contribution < -0.4 is 10.6 Å². The Morgan fingerprint density at radius 2 is 2.20 bits per heavy atom. The molecule has 0 bridgehead atoms. The quantitative estimate of drug-likeness (QED) is 0.760. The number of halogens is 1. The third kappa shape index (κ3) is 2.00. The maximum atomic E-state index is 11.6. The van der Waals surface area contributed by atoms with Crippen molar-refractivity contribution in [1.29, 1.82) is 0 Å². The average molecular weight is 269 g/mol. The highest BCUT2D eigenvalue weighted by Crippen LogP contribution is 2.34. The van der Waals surface area contributed by atoms with E-state index >= 15 is 0 Å². The molecule has 1 atom stereocenters. The summed E-state index contributed by atoms with van der Waals surface area (Å²) in [6.07, 6.45) is 0. The molecule has 0 fully saturated rings. The first-order valence-electron chi connectivity index (χ1n) is 4.93. The summed E-state index contributed by atoms with van der Waals surface area (Å²) in [7, 11) is 0. The molecular formula is C11H13BrN2O. The zero-order chi connectivity index (χ0) is 11.0. The largest absolute Gasteiger partial charge is 0.383 e. The normalized spacial score (nSPS) is 19.9. The van der Waals surface area contributed by atoms with Gasteiger partial charge in [0.2, 0.25) is 5.91 Å². The van der Waals surface area contributed by atoms with Crippen LogP contribution in [0.15, 0.2) is 16.6 Å². The summed E-state index contributed by atoms with van der Waals surface area (Å²) in [6.45, 7) is 4.62. The average Bonchev–Trinajstić information content (AvgIpc) is 2.30. The van der Waals surface area contributed by atoms with E-state index in [0.717, 1.165) is 21.4 Å². The fourth-order valence-corrected chi connectivity index (χ4v) is 2.28. The third-order valence-electron chi connectivity index (χ3n) is 2.53. The number of nitrogens with one attached hydrogen (secondary N) is 2. The molecule has 2 N–H and O–H groups in total. The van der Waals surface area contributed by atoms with Gasteiger partial charge in [-0.15, -0.1) is 0 Å². The number of fused-ring (bicyclic) bond motifs is 1.